The summed E-state index contributed by atoms with van der Waals surface area (Å²) in [6.07, 6.45) is 86.0. The number of aliphatic hydroxyl groups is 2. The van der Waals surface area contributed by atoms with E-state index in [1.807, 2.05) is 0 Å². The topological polar surface area (TPSA) is 231 Å². The molecule has 0 aliphatic carbocycles. The SMILES string of the molecule is CC/C=C\C/C=C\C/C=C\C/C=C\C/C=C\C/C=C\CCCCCCCCCCC(=O)OCC(O)COP(=O)(O)OCC(O)COP(=O)(O)OCC(COC(=O)CCCCCCCC/C=C\C/C=C\C/C=C\C/C=C\CC)OC(=O)CCCCCCC/C=C\C/C=C\CCCCC. The number of unbranched alkanes of at least 4 members (excludes halogenated alkanes) is 22. The highest BCUT2D eigenvalue weighted by Gasteiger charge is 2.29. The number of ether oxygens (including phenoxy) is 3. The van der Waals surface area contributed by atoms with Gasteiger partial charge in [0.15, 0.2) is 6.10 Å². The molecular formula is C79H132O16P2. The molecule has 0 heterocycles. The maximum Gasteiger partial charge on any atom is 0.472 e. The van der Waals surface area contributed by atoms with E-state index in [-0.39, 0.29) is 19.3 Å². The third-order valence-electron chi connectivity index (χ3n) is 15.0. The highest BCUT2D eigenvalue weighted by atomic mass is 31.2. The fourth-order valence-corrected chi connectivity index (χ4v) is 11.0. The molecule has 16 nitrogen and oxygen atoms in total. The lowest BCUT2D eigenvalue weighted by Crippen LogP contribution is -2.30. The molecule has 0 rings (SSSR count). The summed E-state index contributed by atoms with van der Waals surface area (Å²) in [6.45, 7) is 2.37. The van der Waals surface area contributed by atoms with Crippen LogP contribution < -0.4 is 0 Å². The van der Waals surface area contributed by atoms with Crippen molar-refractivity contribution in [2.75, 3.05) is 39.6 Å². The molecule has 97 heavy (non-hydrogen) atoms. The number of hydrogen-bond donors (Lipinski definition) is 4. The first-order valence-electron chi connectivity index (χ1n) is 37.1. The zero-order chi connectivity index (χ0) is 70.9. The van der Waals surface area contributed by atoms with Gasteiger partial charge in [-0.05, 0) is 141 Å². The number of carbonyl (C=O) groups is 3. The predicted octanol–water partition coefficient (Wildman–Crippen LogP) is 21.3. The maximum absolute atomic E-state index is 12.9. The van der Waals surface area contributed by atoms with Crippen LogP contribution in [0.1, 0.15) is 278 Å². The van der Waals surface area contributed by atoms with Gasteiger partial charge in [-0.3, -0.25) is 32.5 Å². The van der Waals surface area contributed by atoms with E-state index >= 15 is 0 Å². The largest absolute Gasteiger partial charge is 0.472 e. The van der Waals surface area contributed by atoms with E-state index in [0.29, 0.717) is 19.3 Å². The van der Waals surface area contributed by atoms with Gasteiger partial charge in [0.1, 0.15) is 25.4 Å². The summed E-state index contributed by atoms with van der Waals surface area (Å²) in [5, 5.41) is 20.6. The number of hydrogen-bond acceptors (Lipinski definition) is 14. The second-order valence-corrected chi connectivity index (χ2v) is 27.2. The van der Waals surface area contributed by atoms with E-state index in [0.717, 1.165) is 180 Å². The van der Waals surface area contributed by atoms with E-state index < -0.39 is 91.5 Å². The second kappa shape index (κ2) is 71.3. The Morgan fingerprint density at radius 3 is 0.866 bits per heavy atom. The number of aliphatic hydroxyl groups excluding tert-OH is 2. The average Bonchev–Trinajstić information content (AvgIpc) is 1.86. The van der Waals surface area contributed by atoms with Gasteiger partial charge in [-0.25, -0.2) is 9.13 Å². The van der Waals surface area contributed by atoms with Crippen molar-refractivity contribution in [3.63, 3.8) is 0 Å². The summed E-state index contributed by atoms with van der Waals surface area (Å²) in [7, 11) is -9.80. The summed E-state index contributed by atoms with van der Waals surface area (Å²) in [4.78, 5) is 58.5. The van der Waals surface area contributed by atoms with Gasteiger partial charge in [-0.1, -0.05) is 263 Å². The fourth-order valence-electron chi connectivity index (χ4n) is 9.42. The Kier molecular flexibility index (Phi) is 67.9. The third-order valence-corrected chi connectivity index (χ3v) is 16.9. The zero-order valence-corrected chi connectivity index (χ0v) is 62.0. The Labute approximate surface area is 587 Å². The molecule has 0 fully saturated rings. The molecule has 0 saturated carbocycles. The first-order chi connectivity index (χ1) is 47.2. The fraction of sp³-hybridized carbons (Fsp3) is 0.658. The van der Waals surface area contributed by atoms with Gasteiger partial charge in [0.2, 0.25) is 0 Å². The maximum atomic E-state index is 12.9. The van der Waals surface area contributed by atoms with Crippen molar-refractivity contribution in [2.45, 2.75) is 296 Å². The van der Waals surface area contributed by atoms with Crippen molar-refractivity contribution in [1.29, 1.82) is 0 Å². The van der Waals surface area contributed by atoms with Crippen LogP contribution in [0.2, 0.25) is 0 Å². The lowest BCUT2D eigenvalue weighted by molar-refractivity contribution is -0.161. The first kappa shape index (κ1) is 92.4. The van der Waals surface area contributed by atoms with Crippen molar-refractivity contribution in [1.82, 2.24) is 0 Å². The number of phosphoric ester groups is 2. The van der Waals surface area contributed by atoms with Crippen LogP contribution in [-0.4, -0.2) is 95.9 Å². The van der Waals surface area contributed by atoms with E-state index in [4.69, 9.17) is 32.3 Å². The molecule has 18 heteroatoms. The van der Waals surface area contributed by atoms with E-state index in [1.54, 1.807) is 0 Å². The van der Waals surface area contributed by atoms with E-state index in [9.17, 15) is 43.5 Å². The Hall–Kier alpha value is -4.57. The van der Waals surface area contributed by atoms with Crippen molar-refractivity contribution >= 4 is 33.6 Å². The quantitative estimate of drug-likeness (QED) is 0.0146. The number of phosphoric acid groups is 2. The molecular weight excluding hydrogens is 1270 g/mol. The molecule has 4 N–H and O–H groups in total. The summed E-state index contributed by atoms with van der Waals surface area (Å²) >= 11 is 0. The number of rotatable bonds is 69. The normalized spacial score (nSPS) is 14.9. The van der Waals surface area contributed by atoms with Crippen LogP contribution in [0.4, 0.5) is 0 Å². The van der Waals surface area contributed by atoms with E-state index in [2.05, 4.69) is 167 Å². The van der Waals surface area contributed by atoms with Gasteiger partial charge < -0.3 is 34.2 Å². The molecule has 0 aliphatic rings. The highest BCUT2D eigenvalue weighted by Crippen LogP contribution is 2.45. The minimum absolute atomic E-state index is 0.0814. The van der Waals surface area contributed by atoms with Crippen molar-refractivity contribution in [3.8, 4) is 0 Å². The minimum atomic E-state index is -4.94. The molecule has 0 amide bonds. The van der Waals surface area contributed by atoms with Gasteiger partial charge in [0.25, 0.3) is 0 Å². The van der Waals surface area contributed by atoms with Crippen molar-refractivity contribution < 1.29 is 75.8 Å². The monoisotopic (exact) mass is 1400 g/mol. The van der Waals surface area contributed by atoms with Gasteiger partial charge >= 0.3 is 33.6 Å². The second-order valence-electron chi connectivity index (χ2n) is 24.3. The predicted molar refractivity (Wildman–Crippen MR) is 399 cm³/mol. The lowest BCUT2D eigenvalue weighted by Gasteiger charge is -2.21. The molecule has 0 saturated heterocycles. The van der Waals surface area contributed by atoms with E-state index in [1.165, 1.54) is 38.5 Å². The third kappa shape index (κ3) is 72.5. The van der Waals surface area contributed by atoms with Gasteiger partial charge in [-0.15, -0.1) is 0 Å². The highest BCUT2D eigenvalue weighted by molar-refractivity contribution is 7.47. The van der Waals surface area contributed by atoms with Crippen LogP contribution in [0, 0.1) is 0 Å². The Balaban J connectivity index is 4.60. The van der Waals surface area contributed by atoms with Crippen LogP contribution in [0.3, 0.4) is 0 Å². The average molecular weight is 1400 g/mol. The molecule has 0 aromatic rings. The molecule has 554 valence electrons. The van der Waals surface area contributed by atoms with Gasteiger partial charge in [0.05, 0.1) is 26.4 Å². The Morgan fingerprint density at radius 1 is 0.299 bits per heavy atom. The molecule has 0 aromatic carbocycles. The van der Waals surface area contributed by atoms with Gasteiger partial charge in [0, 0.05) is 19.3 Å². The van der Waals surface area contributed by atoms with Crippen LogP contribution >= 0.6 is 15.6 Å². The smallest absolute Gasteiger partial charge is 0.463 e. The van der Waals surface area contributed by atoms with Crippen molar-refractivity contribution in [3.05, 3.63) is 146 Å². The van der Waals surface area contributed by atoms with Crippen molar-refractivity contribution in [2.24, 2.45) is 0 Å². The summed E-state index contributed by atoms with van der Waals surface area (Å²) in [6, 6.07) is 0. The summed E-state index contributed by atoms with van der Waals surface area (Å²) < 4.78 is 61.0. The van der Waals surface area contributed by atoms with Crippen LogP contribution in [0.25, 0.3) is 0 Å². The zero-order valence-electron chi connectivity index (χ0n) is 60.2. The first-order valence-corrected chi connectivity index (χ1v) is 40.1. The Morgan fingerprint density at radius 2 is 0.546 bits per heavy atom. The van der Waals surface area contributed by atoms with Gasteiger partial charge in [-0.2, -0.15) is 0 Å². The minimum Gasteiger partial charge on any atom is -0.463 e. The standard InChI is InChI=1S/C79H132O16P2/c1-4-7-10-13-16-19-22-25-28-30-32-33-34-35-36-37-38-39-41-43-45-47-50-53-56-59-62-65-77(82)89-68-74(80)69-91-96(85,86)92-70-75(81)71-93-97(87,88)94-73-76(95-79(84)67-64-61-58-55-52-49-44-27-24-21-18-15-12-9-6-3)72-90-78(83)66-63-60-57-54-51-48-46-42-40-31-29-26-23-20-17-14-11-8-5-2/h7-8,10-11,16-21,25-29,32-33,35-36,38-40,42,44,74-76,80-81H,4-6,9,12-15,22-24,30-31,34,37,41,43,45-73H2,1-3H3,(H,85,86)(H,87,88)/b10-7-,11-8-,19-16-,20-17-,21-18-,28-25-,29-26-,33-32-,36-35-,39-38-,42-40-,44-27-. The van der Waals surface area contributed by atoms with Crippen LogP contribution in [-0.2, 0) is 55.8 Å². The molecule has 0 spiro atoms. The Bertz CT molecular complexity index is 2350. The molecule has 0 aromatic heterocycles. The van der Waals surface area contributed by atoms with Crippen LogP contribution in [0.15, 0.2) is 146 Å². The molecule has 0 radical (unpaired) electrons. The number of allylic oxidation sites excluding steroid dienone is 24. The molecule has 5 atom stereocenters. The summed E-state index contributed by atoms with van der Waals surface area (Å²) in [5.74, 6) is -1.62. The summed E-state index contributed by atoms with van der Waals surface area (Å²) in [5.41, 5.74) is 0. The number of esters is 3. The lowest BCUT2D eigenvalue weighted by atomic mass is 10.1. The van der Waals surface area contributed by atoms with Crippen LogP contribution in [0.5, 0.6) is 0 Å². The number of carbonyl (C=O) groups excluding carboxylic acids is 3. The molecule has 5 unspecified atom stereocenters. The molecule has 0 bridgehead atoms. The molecule has 0 aliphatic heterocycles.